The lowest BCUT2D eigenvalue weighted by molar-refractivity contribution is 0.218. The number of hydrazine groups is 1. The zero-order valence-corrected chi connectivity index (χ0v) is 17.7. The van der Waals surface area contributed by atoms with E-state index in [4.69, 9.17) is 11.6 Å². The summed E-state index contributed by atoms with van der Waals surface area (Å²) in [6, 6.07) is -0.0111. The Morgan fingerprint density at radius 2 is 2.00 bits per heavy atom. The highest BCUT2D eigenvalue weighted by Gasteiger charge is 2.28. The predicted molar refractivity (Wildman–Crippen MR) is 111 cm³/mol. The van der Waals surface area contributed by atoms with Crippen molar-refractivity contribution in [2.24, 2.45) is 21.8 Å². The van der Waals surface area contributed by atoms with Gasteiger partial charge in [0.2, 0.25) is 0 Å². The van der Waals surface area contributed by atoms with E-state index >= 15 is 0 Å². The topological polar surface area (TPSA) is 47.9 Å². The second-order valence-corrected chi connectivity index (χ2v) is 9.59. The highest BCUT2D eigenvalue weighted by Crippen LogP contribution is 2.34. The molecule has 1 heterocycles. The van der Waals surface area contributed by atoms with Crippen molar-refractivity contribution in [3.05, 3.63) is 46.7 Å². The van der Waals surface area contributed by atoms with Crippen LogP contribution in [0.15, 0.2) is 51.8 Å². The van der Waals surface area contributed by atoms with Gasteiger partial charge < -0.3 is 5.11 Å². The van der Waals surface area contributed by atoms with Gasteiger partial charge in [0, 0.05) is 5.03 Å². The van der Waals surface area contributed by atoms with Crippen molar-refractivity contribution < 1.29 is 5.11 Å². The Bertz CT molecular complexity index is 687. The third-order valence-corrected chi connectivity index (χ3v) is 5.18. The number of hydrazone groups is 1. The van der Waals surface area contributed by atoms with Crippen molar-refractivity contribution in [3.63, 3.8) is 0 Å². The van der Waals surface area contributed by atoms with E-state index in [0.717, 1.165) is 5.71 Å². The normalized spacial score (nSPS) is 23.0. The Morgan fingerprint density at radius 1 is 1.35 bits per heavy atom. The van der Waals surface area contributed by atoms with E-state index < -0.39 is 0 Å². The zero-order chi connectivity index (χ0) is 19.7. The Morgan fingerprint density at radius 3 is 2.54 bits per heavy atom. The smallest absolute Gasteiger partial charge is 0.0906 e. The molecule has 5 heteroatoms. The van der Waals surface area contributed by atoms with Gasteiger partial charge in [-0.25, -0.2) is 5.43 Å². The number of fused-ring (bicyclic) bond motifs is 1. The molecule has 2 atom stereocenters. The van der Waals surface area contributed by atoms with Crippen LogP contribution in [0.2, 0.25) is 0 Å². The molecule has 0 aromatic heterocycles. The number of rotatable bonds is 4. The molecule has 0 bridgehead atoms. The van der Waals surface area contributed by atoms with Crippen molar-refractivity contribution in [1.82, 2.24) is 10.5 Å². The Balaban J connectivity index is 2.36. The third kappa shape index (κ3) is 5.09. The quantitative estimate of drug-likeness (QED) is 0.694. The van der Waals surface area contributed by atoms with Gasteiger partial charge in [0.1, 0.15) is 0 Å². The monoisotopic (exact) mass is 377 g/mol. The maximum absolute atomic E-state index is 9.97. The molecule has 0 fully saturated rings. The van der Waals surface area contributed by atoms with E-state index in [1.54, 1.807) is 5.12 Å². The first-order chi connectivity index (χ1) is 11.9. The van der Waals surface area contributed by atoms with Gasteiger partial charge in [0.25, 0.3) is 0 Å². The summed E-state index contributed by atoms with van der Waals surface area (Å²) in [7, 11) is 0. The average molecular weight is 378 g/mol. The molecule has 4 nitrogen and oxygen atoms in total. The van der Waals surface area contributed by atoms with Crippen molar-refractivity contribution in [2.45, 2.75) is 54.5 Å². The standard InChI is InChI=1S/C21H32ClN3O/c1-14(20(2,3)4)10-15(21(5,6)7)11-17(13-26)25-23-18-9-8-16(22)12-19(18)24-25/h8-12,14,18,23,26H,13H2,1-7H3. The molecule has 26 heavy (non-hydrogen) atoms. The van der Waals surface area contributed by atoms with E-state index in [9.17, 15) is 5.11 Å². The van der Waals surface area contributed by atoms with E-state index in [1.165, 1.54) is 5.57 Å². The van der Waals surface area contributed by atoms with Crippen LogP contribution >= 0.6 is 11.6 Å². The number of aliphatic hydroxyl groups is 1. The molecule has 0 radical (unpaired) electrons. The van der Waals surface area contributed by atoms with Gasteiger partial charge in [-0.15, -0.1) is 0 Å². The number of hydrogen-bond donors (Lipinski definition) is 2. The maximum Gasteiger partial charge on any atom is 0.0906 e. The minimum absolute atomic E-state index is 0.0111. The van der Waals surface area contributed by atoms with E-state index in [1.807, 2.05) is 24.3 Å². The van der Waals surface area contributed by atoms with Crippen molar-refractivity contribution in [2.75, 3.05) is 6.61 Å². The lowest BCUT2D eigenvalue weighted by Crippen LogP contribution is -2.37. The molecular weight excluding hydrogens is 346 g/mol. The van der Waals surface area contributed by atoms with Crippen LogP contribution in [0.5, 0.6) is 0 Å². The summed E-state index contributed by atoms with van der Waals surface area (Å²) in [5.74, 6) is 0.401. The van der Waals surface area contributed by atoms with E-state index in [2.05, 4.69) is 65.1 Å². The fraction of sp³-hybridized carbons (Fsp3) is 0.571. The summed E-state index contributed by atoms with van der Waals surface area (Å²) in [4.78, 5) is 0. The highest BCUT2D eigenvalue weighted by atomic mass is 35.5. The fourth-order valence-electron chi connectivity index (χ4n) is 2.58. The lowest BCUT2D eigenvalue weighted by Gasteiger charge is -2.29. The van der Waals surface area contributed by atoms with Crippen LogP contribution in [0, 0.1) is 16.7 Å². The molecule has 1 aliphatic heterocycles. The van der Waals surface area contributed by atoms with E-state index in [-0.39, 0.29) is 23.5 Å². The van der Waals surface area contributed by atoms with Crippen LogP contribution in [-0.4, -0.2) is 28.6 Å². The SMILES string of the molecule is CC(C=C(C=C(CO)N1N=C2C=C(Cl)C=CC2N1)C(C)(C)C)C(C)(C)C. The van der Waals surface area contributed by atoms with E-state index in [0.29, 0.717) is 16.6 Å². The first kappa shape index (κ1) is 20.9. The summed E-state index contributed by atoms with van der Waals surface area (Å²) < 4.78 is 0. The average Bonchev–Trinajstić information content (AvgIpc) is 2.91. The van der Waals surface area contributed by atoms with Crippen LogP contribution in [0.4, 0.5) is 0 Å². The molecule has 0 spiro atoms. The second-order valence-electron chi connectivity index (χ2n) is 9.15. The number of hydrogen-bond acceptors (Lipinski definition) is 4. The minimum atomic E-state index is -0.102. The zero-order valence-electron chi connectivity index (χ0n) is 17.0. The molecule has 0 amide bonds. The van der Waals surface area contributed by atoms with Crippen LogP contribution in [0.1, 0.15) is 48.5 Å². The first-order valence-electron chi connectivity index (χ1n) is 9.16. The summed E-state index contributed by atoms with van der Waals surface area (Å²) in [6.07, 6.45) is 10.0. The molecule has 2 N–H and O–H groups in total. The highest BCUT2D eigenvalue weighted by molar-refractivity contribution is 6.33. The molecule has 2 rings (SSSR count). The van der Waals surface area contributed by atoms with Gasteiger partial charge in [-0.2, -0.15) is 10.2 Å². The Labute approximate surface area is 163 Å². The van der Waals surface area contributed by atoms with Gasteiger partial charge in [-0.05, 0) is 40.5 Å². The minimum Gasteiger partial charge on any atom is -0.390 e. The largest absolute Gasteiger partial charge is 0.390 e. The van der Waals surface area contributed by atoms with Gasteiger partial charge in [0.15, 0.2) is 0 Å². The number of allylic oxidation sites excluding steroid dienone is 5. The Hall–Kier alpha value is -1.36. The first-order valence-corrected chi connectivity index (χ1v) is 9.53. The molecule has 2 unspecified atom stereocenters. The van der Waals surface area contributed by atoms with Crippen LogP contribution in [-0.2, 0) is 0 Å². The molecule has 0 saturated carbocycles. The molecule has 2 aliphatic rings. The number of halogens is 1. The van der Waals surface area contributed by atoms with Crippen LogP contribution in [0.3, 0.4) is 0 Å². The van der Waals surface area contributed by atoms with Gasteiger partial charge in [0.05, 0.1) is 24.1 Å². The molecule has 0 saturated heterocycles. The van der Waals surface area contributed by atoms with Crippen molar-refractivity contribution >= 4 is 17.3 Å². The van der Waals surface area contributed by atoms with Gasteiger partial charge in [-0.1, -0.05) is 72.2 Å². The third-order valence-electron chi connectivity index (χ3n) is 4.95. The van der Waals surface area contributed by atoms with Crippen molar-refractivity contribution in [3.8, 4) is 0 Å². The van der Waals surface area contributed by atoms with Crippen LogP contribution < -0.4 is 5.43 Å². The second kappa shape index (κ2) is 7.71. The van der Waals surface area contributed by atoms with Crippen molar-refractivity contribution in [1.29, 1.82) is 0 Å². The number of aliphatic hydroxyl groups excluding tert-OH is 1. The summed E-state index contributed by atoms with van der Waals surface area (Å²) >= 11 is 6.06. The lowest BCUT2D eigenvalue weighted by atomic mass is 9.77. The Kier molecular flexibility index (Phi) is 6.21. The van der Waals surface area contributed by atoms with Gasteiger partial charge in [-0.3, -0.25) is 0 Å². The number of nitrogens with zero attached hydrogens (tertiary/aromatic N) is 2. The summed E-state index contributed by atoms with van der Waals surface area (Å²) in [6.45, 7) is 15.4. The summed E-state index contributed by atoms with van der Waals surface area (Å²) in [5, 5.41) is 16.9. The molecule has 0 aromatic rings. The molecule has 144 valence electrons. The van der Waals surface area contributed by atoms with Gasteiger partial charge >= 0.3 is 0 Å². The molecule has 1 aliphatic carbocycles. The summed E-state index contributed by atoms with van der Waals surface area (Å²) in [5.41, 5.74) is 6.18. The fourth-order valence-corrected chi connectivity index (χ4v) is 2.76. The molecule has 0 aromatic carbocycles. The van der Waals surface area contributed by atoms with Crippen LogP contribution in [0.25, 0.3) is 0 Å². The molecular formula is C21H32ClN3O. The maximum atomic E-state index is 9.97. The number of nitrogens with one attached hydrogen (secondary N) is 1. The predicted octanol–water partition coefficient (Wildman–Crippen LogP) is 4.75.